The Morgan fingerprint density at radius 3 is 2.41 bits per heavy atom. The van der Waals surface area contributed by atoms with Crippen LogP contribution in [0.15, 0.2) is 47.5 Å². The summed E-state index contributed by atoms with van der Waals surface area (Å²) < 4.78 is 5.30. The van der Waals surface area contributed by atoms with Gasteiger partial charge in [0.15, 0.2) is 0 Å². The molecule has 3 N–H and O–H groups in total. The average molecular weight is 513 g/mol. The van der Waals surface area contributed by atoms with Crippen molar-refractivity contribution in [2.45, 2.75) is 90.8 Å². The van der Waals surface area contributed by atoms with Crippen LogP contribution in [0, 0.1) is 5.92 Å². The Morgan fingerprint density at radius 2 is 1.78 bits per heavy atom. The summed E-state index contributed by atoms with van der Waals surface area (Å²) in [6, 6.07) is 9.15. The van der Waals surface area contributed by atoms with Crippen molar-refractivity contribution in [1.29, 1.82) is 0 Å². The highest BCUT2D eigenvalue weighted by molar-refractivity contribution is 5.96. The normalized spacial score (nSPS) is 14.9. The Labute approximate surface area is 221 Å². The van der Waals surface area contributed by atoms with E-state index in [2.05, 4.69) is 27.0 Å². The van der Waals surface area contributed by atoms with E-state index in [0.29, 0.717) is 38.6 Å². The van der Waals surface area contributed by atoms with E-state index in [9.17, 15) is 14.4 Å². The molecule has 8 heteroatoms. The number of carbonyl (C=O) groups excluding carboxylic acids is 3. The topological polar surface area (TPSA) is 109 Å². The van der Waals surface area contributed by atoms with E-state index in [0.717, 1.165) is 24.2 Å². The first-order chi connectivity index (χ1) is 17.5. The van der Waals surface area contributed by atoms with Gasteiger partial charge in [-0.15, -0.1) is 0 Å². The molecule has 0 spiro atoms. The zero-order chi connectivity index (χ0) is 27.3. The highest BCUT2D eigenvalue weighted by atomic mass is 16.6. The molecule has 1 aromatic carbocycles. The predicted octanol–water partition coefficient (Wildman–Crippen LogP) is 4.86. The monoisotopic (exact) mass is 512 g/mol. The highest BCUT2D eigenvalue weighted by Gasteiger charge is 2.25. The van der Waals surface area contributed by atoms with Gasteiger partial charge in [0, 0.05) is 31.6 Å². The van der Waals surface area contributed by atoms with Gasteiger partial charge in [0.05, 0.1) is 6.04 Å². The molecule has 2 unspecified atom stereocenters. The van der Waals surface area contributed by atoms with Crippen LogP contribution in [0.1, 0.15) is 84.7 Å². The standard InChI is InChI=1S/C29H44N4O4/c1-21(2)19-25(33-28(36)37-29(3,4)5)27(35)31-18-12-10-16-26(34)32-24(22-13-7-6-8-14-22)20-23-15-9-11-17-30-23/h6-9,13-15,21,24-25H,10-12,16-20H2,1-5H3,(H,31,35)(H,32,34)(H,33,36). The number of carbonyl (C=O) groups is 3. The Morgan fingerprint density at radius 1 is 1.05 bits per heavy atom. The first-order valence-corrected chi connectivity index (χ1v) is 13.3. The second-order valence-electron chi connectivity index (χ2n) is 10.9. The maximum Gasteiger partial charge on any atom is 0.408 e. The lowest BCUT2D eigenvalue weighted by atomic mass is 9.99. The minimum absolute atomic E-state index is 0.0233. The summed E-state index contributed by atoms with van der Waals surface area (Å²) in [6.07, 6.45) is 7.35. The quantitative estimate of drug-likeness (QED) is 0.328. The number of ether oxygens (including phenoxy) is 1. The van der Waals surface area contributed by atoms with Crippen LogP contribution in [0.3, 0.4) is 0 Å². The molecule has 0 saturated carbocycles. The lowest BCUT2D eigenvalue weighted by Gasteiger charge is -2.24. The third-order valence-corrected chi connectivity index (χ3v) is 5.72. The fourth-order valence-electron chi connectivity index (χ4n) is 4.00. The van der Waals surface area contributed by atoms with Crippen LogP contribution < -0.4 is 16.0 Å². The minimum Gasteiger partial charge on any atom is -0.444 e. The third kappa shape index (κ3) is 12.6. The van der Waals surface area contributed by atoms with Crippen molar-refractivity contribution < 1.29 is 19.1 Å². The second kappa shape index (κ2) is 15.2. The van der Waals surface area contributed by atoms with E-state index in [1.807, 2.05) is 50.3 Å². The lowest BCUT2D eigenvalue weighted by molar-refractivity contribution is -0.123. The van der Waals surface area contributed by atoms with Crippen molar-refractivity contribution in [3.8, 4) is 0 Å². The molecule has 2 atom stereocenters. The minimum atomic E-state index is -0.665. The largest absolute Gasteiger partial charge is 0.444 e. The maximum absolute atomic E-state index is 12.7. The fourth-order valence-corrected chi connectivity index (χ4v) is 4.00. The van der Waals surface area contributed by atoms with Crippen molar-refractivity contribution in [2.24, 2.45) is 10.9 Å². The summed E-state index contributed by atoms with van der Waals surface area (Å²) in [7, 11) is 0. The zero-order valence-electron chi connectivity index (χ0n) is 23.0. The highest BCUT2D eigenvalue weighted by Crippen LogP contribution is 2.19. The van der Waals surface area contributed by atoms with Gasteiger partial charge < -0.3 is 20.7 Å². The van der Waals surface area contributed by atoms with Gasteiger partial charge in [-0.1, -0.05) is 50.3 Å². The van der Waals surface area contributed by atoms with Crippen molar-refractivity contribution in [3.63, 3.8) is 0 Å². The van der Waals surface area contributed by atoms with Crippen LogP contribution >= 0.6 is 0 Å². The molecule has 3 amide bonds. The van der Waals surface area contributed by atoms with Crippen molar-refractivity contribution in [1.82, 2.24) is 16.0 Å². The van der Waals surface area contributed by atoms with Gasteiger partial charge >= 0.3 is 6.09 Å². The van der Waals surface area contributed by atoms with Gasteiger partial charge in [-0.3, -0.25) is 14.6 Å². The molecule has 1 aliphatic heterocycles. The van der Waals surface area contributed by atoms with Crippen LogP contribution in [0.25, 0.3) is 0 Å². The summed E-state index contributed by atoms with van der Waals surface area (Å²) >= 11 is 0. The molecule has 2 rings (SSSR count). The van der Waals surface area contributed by atoms with Crippen molar-refractivity contribution in [3.05, 3.63) is 48.0 Å². The van der Waals surface area contributed by atoms with Gasteiger partial charge in [-0.05, 0) is 64.0 Å². The van der Waals surface area contributed by atoms with E-state index in [1.54, 1.807) is 20.8 Å². The number of aliphatic imine (C=N–C) groups is 1. The Balaban J connectivity index is 1.79. The second-order valence-corrected chi connectivity index (χ2v) is 10.9. The third-order valence-electron chi connectivity index (χ3n) is 5.72. The van der Waals surface area contributed by atoms with Gasteiger partial charge in [-0.2, -0.15) is 0 Å². The number of hydrogen-bond donors (Lipinski definition) is 3. The van der Waals surface area contributed by atoms with Crippen LogP contribution in [-0.4, -0.2) is 48.4 Å². The molecule has 0 aromatic heterocycles. The molecular weight excluding hydrogens is 468 g/mol. The molecule has 1 heterocycles. The van der Waals surface area contributed by atoms with E-state index in [-0.39, 0.29) is 23.8 Å². The summed E-state index contributed by atoms with van der Waals surface area (Å²) in [5.74, 6) is -0.0404. The molecule has 1 aromatic rings. The fraction of sp³-hybridized carbons (Fsp3) is 0.586. The molecule has 0 saturated heterocycles. The Hall–Kier alpha value is -3.16. The van der Waals surface area contributed by atoms with Crippen LogP contribution in [-0.2, 0) is 14.3 Å². The van der Waals surface area contributed by atoms with Crippen LogP contribution in [0.5, 0.6) is 0 Å². The molecule has 204 valence electrons. The summed E-state index contributed by atoms with van der Waals surface area (Å²) in [6.45, 7) is 10.6. The zero-order valence-corrected chi connectivity index (χ0v) is 23.0. The Kier molecular flexibility index (Phi) is 12.3. The van der Waals surface area contributed by atoms with Gasteiger partial charge in [0.1, 0.15) is 11.6 Å². The molecule has 0 aliphatic carbocycles. The van der Waals surface area contributed by atoms with Gasteiger partial charge in [0.2, 0.25) is 11.8 Å². The average Bonchev–Trinajstić information content (AvgIpc) is 2.82. The summed E-state index contributed by atoms with van der Waals surface area (Å²) in [5.41, 5.74) is 1.42. The van der Waals surface area contributed by atoms with E-state index < -0.39 is 17.7 Å². The van der Waals surface area contributed by atoms with Crippen LogP contribution in [0.2, 0.25) is 0 Å². The molecule has 0 fully saturated rings. The molecule has 1 aliphatic rings. The molecular formula is C29H44N4O4. The van der Waals surface area contributed by atoms with E-state index in [1.165, 1.54) is 0 Å². The SMILES string of the molecule is CC(C)CC(NC(=O)OC(C)(C)C)C(=O)NCCCCC(=O)NC(CC1=NCCC=C1)c1ccccc1. The number of rotatable bonds is 13. The van der Waals surface area contributed by atoms with Crippen molar-refractivity contribution in [2.75, 3.05) is 13.1 Å². The lowest BCUT2D eigenvalue weighted by Crippen LogP contribution is -2.49. The maximum atomic E-state index is 12.7. The van der Waals surface area contributed by atoms with Gasteiger partial charge in [-0.25, -0.2) is 4.79 Å². The number of amides is 3. The first kappa shape index (κ1) is 30.1. The van der Waals surface area contributed by atoms with Gasteiger partial charge in [0.25, 0.3) is 0 Å². The number of unbranched alkanes of at least 4 members (excludes halogenated alkanes) is 1. The molecule has 8 nitrogen and oxygen atoms in total. The predicted molar refractivity (Wildman–Crippen MR) is 147 cm³/mol. The molecule has 0 bridgehead atoms. The first-order valence-electron chi connectivity index (χ1n) is 13.3. The summed E-state index contributed by atoms with van der Waals surface area (Å²) in [5, 5.41) is 8.73. The number of dihydropyridines is 1. The molecule has 0 radical (unpaired) electrons. The number of benzene rings is 1. The number of allylic oxidation sites excluding steroid dienone is 1. The number of nitrogens with one attached hydrogen (secondary N) is 3. The number of alkyl carbamates (subject to hydrolysis) is 1. The number of nitrogens with zero attached hydrogens (tertiary/aromatic N) is 1. The molecule has 37 heavy (non-hydrogen) atoms. The van der Waals surface area contributed by atoms with Crippen molar-refractivity contribution >= 4 is 23.6 Å². The smallest absolute Gasteiger partial charge is 0.408 e. The Bertz CT molecular complexity index is 935. The van der Waals surface area contributed by atoms with E-state index in [4.69, 9.17) is 4.74 Å². The summed E-state index contributed by atoms with van der Waals surface area (Å²) in [4.78, 5) is 42.1. The van der Waals surface area contributed by atoms with E-state index >= 15 is 0 Å². The van der Waals surface area contributed by atoms with Crippen LogP contribution in [0.4, 0.5) is 4.79 Å². The number of hydrogen-bond acceptors (Lipinski definition) is 5.